The van der Waals surface area contributed by atoms with Crippen LogP contribution in [-0.2, 0) is 19.6 Å². The van der Waals surface area contributed by atoms with Gasteiger partial charge in [-0.2, -0.15) is 0 Å². The minimum atomic E-state index is -3.80. The normalized spacial score (nSPS) is 12.2. The van der Waals surface area contributed by atoms with Crippen LogP contribution in [0.3, 0.4) is 0 Å². The largest absolute Gasteiger partial charge is 0.448 e. The second-order valence-corrected chi connectivity index (χ2v) is 6.38. The Balaban J connectivity index is 1.98. The first kappa shape index (κ1) is 17.6. The molecule has 24 heavy (non-hydrogen) atoms. The highest BCUT2D eigenvalue weighted by molar-refractivity contribution is 7.89. The van der Waals surface area contributed by atoms with Gasteiger partial charge < -0.3 is 10.1 Å². The third-order valence-electron chi connectivity index (χ3n) is 2.98. The lowest BCUT2D eigenvalue weighted by Gasteiger charge is -2.13. The van der Waals surface area contributed by atoms with Crippen LogP contribution >= 0.6 is 0 Å². The van der Waals surface area contributed by atoms with Gasteiger partial charge >= 0.3 is 5.97 Å². The number of hydrogen-bond acceptors (Lipinski definition) is 6. The maximum Gasteiger partial charge on any atom is 0.357 e. The van der Waals surface area contributed by atoms with E-state index in [4.69, 9.17) is 9.88 Å². The Labute approximate surface area is 138 Å². The molecule has 0 aliphatic rings. The molecule has 0 radical (unpaired) electrons. The Hall–Kier alpha value is -2.78. The number of rotatable bonds is 5. The predicted octanol–water partition coefficient (Wildman–Crippen LogP) is 0.913. The summed E-state index contributed by atoms with van der Waals surface area (Å²) in [5.41, 5.74) is 0.433. The molecule has 0 aliphatic carbocycles. The summed E-state index contributed by atoms with van der Waals surface area (Å²) >= 11 is 0. The van der Waals surface area contributed by atoms with Gasteiger partial charge in [0.15, 0.2) is 6.10 Å². The molecule has 0 bridgehead atoms. The van der Waals surface area contributed by atoms with Crippen LogP contribution in [0.4, 0.5) is 5.69 Å². The van der Waals surface area contributed by atoms with Crippen molar-refractivity contribution in [2.24, 2.45) is 5.14 Å². The molecule has 2 aromatic rings. The monoisotopic (exact) mass is 349 g/mol. The van der Waals surface area contributed by atoms with Crippen LogP contribution in [0, 0.1) is 0 Å². The third kappa shape index (κ3) is 4.61. The predicted molar refractivity (Wildman–Crippen MR) is 85.6 cm³/mol. The molecule has 9 heteroatoms. The minimum Gasteiger partial charge on any atom is -0.448 e. The van der Waals surface area contributed by atoms with Gasteiger partial charge in [-0.05, 0) is 43.3 Å². The van der Waals surface area contributed by atoms with E-state index in [0.29, 0.717) is 5.69 Å². The van der Waals surface area contributed by atoms with E-state index in [1.54, 1.807) is 12.1 Å². The highest BCUT2D eigenvalue weighted by Gasteiger charge is 2.19. The highest BCUT2D eigenvalue weighted by Crippen LogP contribution is 2.13. The van der Waals surface area contributed by atoms with E-state index in [-0.39, 0.29) is 10.6 Å². The van der Waals surface area contributed by atoms with Crippen molar-refractivity contribution < 1.29 is 22.7 Å². The van der Waals surface area contributed by atoms with Crippen LogP contribution in [-0.4, -0.2) is 31.4 Å². The molecule has 1 amide bonds. The van der Waals surface area contributed by atoms with E-state index in [9.17, 15) is 18.0 Å². The third-order valence-corrected chi connectivity index (χ3v) is 3.91. The van der Waals surface area contributed by atoms with Gasteiger partial charge in [-0.1, -0.05) is 6.07 Å². The molecule has 0 saturated carbocycles. The second-order valence-electron chi connectivity index (χ2n) is 4.82. The number of nitrogens with one attached hydrogen (secondary N) is 1. The number of aromatic nitrogens is 1. The van der Waals surface area contributed by atoms with Gasteiger partial charge in [0.25, 0.3) is 5.91 Å². The number of ether oxygens (including phenoxy) is 1. The summed E-state index contributed by atoms with van der Waals surface area (Å²) in [5, 5.41) is 7.49. The molecule has 1 heterocycles. The summed E-state index contributed by atoms with van der Waals surface area (Å²) in [6.07, 6.45) is 0.381. The number of hydrogen-bond donors (Lipinski definition) is 2. The molecular weight excluding hydrogens is 334 g/mol. The molecule has 126 valence electrons. The van der Waals surface area contributed by atoms with Gasteiger partial charge in [-0.15, -0.1) is 0 Å². The van der Waals surface area contributed by atoms with Gasteiger partial charge in [-0.3, -0.25) is 4.79 Å². The van der Waals surface area contributed by atoms with Crippen molar-refractivity contribution in [2.75, 3.05) is 5.32 Å². The number of esters is 1. The lowest BCUT2D eigenvalue weighted by Crippen LogP contribution is -2.30. The zero-order valence-corrected chi connectivity index (χ0v) is 13.5. The van der Waals surface area contributed by atoms with Crippen molar-refractivity contribution >= 4 is 27.6 Å². The number of anilines is 1. The standard InChI is InChI=1S/C15H15N3O5S/c1-10(23-15(20)13-4-2-3-9-17-13)14(19)18-11-5-7-12(8-6-11)24(16,21)22/h2-10H,1H3,(H,18,19)(H2,16,21,22). The maximum absolute atomic E-state index is 12.0. The molecule has 1 atom stereocenters. The van der Waals surface area contributed by atoms with Crippen LogP contribution < -0.4 is 10.5 Å². The summed E-state index contributed by atoms with van der Waals surface area (Å²) in [6.45, 7) is 1.41. The fourth-order valence-electron chi connectivity index (χ4n) is 1.73. The molecule has 0 aliphatic heterocycles. The van der Waals surface area contributed by atoms with E-state index < -0.39 is 28.0 Å². The maximum atomic E-state index is 12.0. The molecule has 1 unspecified atom stereocenters. The molecular formula is C15H15N3O5S. The number of carbonyl (C=O) groups excluding carboxylic acids is 2. The molecule has 0 fully saturated rings. The zero-order valence-electron chi connectivity index (χ0n) is 12.7. The molecule has 1 aromatic carbocycles. The quantitative estimate of drug-likeness (QED) is 0.772. The van der Waals surface area contributed by atoms with Crippen molar-refractivity contribution in [2.45, 2.75) is 17.9 Å². The van der Waals surface area contributed by atoms with Crippen LogP contribution in [0.1, 0.15) is 17.4 Å². The first-order chi connectivity index (χ1) is 11.3. The first-order valence-electron chi connectivity index (χ1n) is 6.83. The highest BCUT2D eigenvalue weighted by atomic mass is 32.2. The van der Waals surface area contributed by atoms with Gasteiger partial charge in [0, 0.05) is 11.9 Å². The average molecular weight is 349 g/mol. The molecule has 2 rings (SSSR count). The van der Waals surface area contributed by atoms with E-state index >= 15 is 0 Å². The number of carbonyl (C=O) groups is 2. The molecule has 0 saturated heterocycles. The van der Waals surface area contributed by atoms with Crippen molar-refractivity contribution in [3.63, 3.8) is 0 Å². The Morgan fingerprint density at radius 2 is 1.83 bits per heavy atom. The van der Waals surface area contributed by atoms with E-state index in [1.807, 2.05) is 0 Å². The van der Waals surface area contributed by atoms with Crippen molar-refractivity contribution in [1.29, 1.82) is 0 Å². The number of amides is 1. The smallest absolute Gasteiger partial charge is 0.357 e. The second kappa shape index (κ2) is 7.20. The van der Waals surface area contributed by atoms with E-state index in [2.05, 4.69) is 10.3 Å². The Morgan fingerprint density at radius 3 is 2.38 bits per heavy atom. The molecule has 1 aromatic heterocycles. The Bertz CT molecular complexity index is 835. The summed E-state index contributed by atoms with van der Waals surface area (Å²) in [5.74, 6) is -1.29. The van der Waals surface area contributed by atoms with Crippen molar-refractivity contribution in [3.05, 3.63) is 54.4 Å². The van der Waals surface area contributed by atoms with Gasteiger partial charge in [0.1, 0.15) is 5.69 Å². The average Bonchev–Trinajstić information content (AvgIpc) is 2.55. The Kier molecular flexibility index (Phi) is 5.27. The van der Waals surface area contributed by atoms with Gasteiger partial charge in [0.05, 0.1) is 4.90 Å². The number of benzene rings is 1. The topological polar surface area (TPSA) is 128 Å². The first-order valence-corrected chi connectivity index (χ1v) is 8.38. The SMILES string of the molecule is CC(OC(=O)c1ccccn1)C(=O)Nc1ccc(S(N)(=O)=O)cc1. The molecule has 8 nitrogen and oxygen atoms in total. The summed E-state index contributed by atoms with van der Waals surface area (Å²) in [6, 6.07) is 10.0. The number of primary sulfonamides is 1. The van der Waals surface area contributed by atoms with Crippen LogP contribution in [0.25, 0.3) is 0 Å². The number of pyridine rings is 1. The van der Waals surface area contributed by atoms with Crippen LogP contribution in [0.15, 0.2) is 53.6 Å². The fourth-order valence-corrected chi connectivity index (χ4v) is 2.25. The Morgan fingerprint density at radius 1 is 1.17 bits per heavy atom. The van der Waals surface area contributed by atoms with Gasteiger partial charge in [0.2, 0.25) is 10.0 Å². The van der Waals surface area contributed by atoms with Gasteiger partial charge in [-0.25, -0.2) is 23.3 Å². The lowest BCUT2D eigenvalue weighted by atomic mass is 10.3. The van der Waals surface area contributed by atoms with Crippen molar-refractivity contribution in [1.82, 2.24) is 4.98 Å². The zero-order chi connectivity index (χ0) is 17.7. The number of nitrogens with two attached hydrogens (primary N) is 1. The number of sulfonamides is 1. The lowest BCUT2D eigenvalue weighted by molar-refractivity contribution is -0.123. The van der Waals surface area contributed by atoms with E-state index in [1.165, 1.54) is 43.5 Å². The fraction of sp³-hybridized carbons (Fsp3) is 0.133. The summed E-state index contributed by atoms with van der Waals surface area (Å²) < 4.78 is 27.3. The molecule has 0 spiro atoms. The number of nitrogens with zero attached hydrogens (tertiary/aromatic N) is 1. The summed E-state index contributed by atoms with van der Waals surface area (Å²) in [7, 11) is -3.80. The van der Waals surface area contributed by atoms with E-state index in [0.717, 1.165) is 0 Å². The minimum absolute atomic E-state index is 0.0740. The molecule has 3 N–H and O–H groups in total. The van der Waals surface area contributed by atoms with Crippen LogP contribution in [0.5, 0.6) is 0 Å². The summed E-state index contributed by atoms with van der Waals surface area (Å²) in [4.78, 5) is 27.6. The van der Waals surface area contributed by atoms with Crippen molar-refractivity contribution in [3.8, 4) is 0 Å². The van der Waals surface area contributed by atoms with Crippen LogP contribution in [0.2, 0.25) is 0 Å².